The van der Waals surface area contributed by atoms with Gasteiger partial charge >= 0.3 is 0 Å². The van der Waals surface area contributed by atoms with Gasteiger partial charge in [-0.15, -0.1) is 0 Å². The molecule has 0 bridgehead atoms. The lowest BCUT2D eigenvalue weighted by molar-refractivity contribution is 0.102. The summed E-state index contributed by atoms with van der Waals surface area (Å²) < 4.78 is 5.13. The van der Waals surface area contributed by atoms with Crippen LogP contribution in [0.25, 0.3) is 0 Å². The average molecular weight is 317 g/mol. The number of carbonyl (C=O) groups is 1. The second-order valence-electron chi connectivity index (χ2n) is 5.50. The van der Waals surface area contributed by atoms with E-state index in [0.29, 0.717) is 5.56 Å². The second-order valence-corrected chi connectivity index (χ2v) is 5.50. The van der Waals surface area contributed by atoms with Crippen LogP contribution in [0.5, 0.6) is 5.75 Å². The number of ether oxygens (including phenoxy) is 1. The predicted molar refractivity (Wildman–Crippen MR) is 96.6 cm³/mol. The van der Waals surface area contributed by atoms with Crippen molar-refractivity contribution in [2.24, 2.45) is 0 Å². The van der Waals surface area contributed by atoms with Crippen molar-refractivity contribution in [3.63, 3.8) is 0 Å². The molecule has 0 unspecified atom stereocenters. The quantitative estimate of drug-likeness (QED) is 0.750. The molecule has 0 aliphatic rings. The number of hydrogen-bond acceptors (Lipinski definition) is 2. The average Bonchev–Trinajstić information content (AvgIpc) is 2.63. The van der Waals surface area contributed by atoms with E-state index in [-0.39, 0.29) is 5.91 Å². The molecule has 0 atom stereocenters. The molecule has 0 heterocycles. The van der Waals surface area contributed by atoms with Crippen molar-refractivity contribution in [1.29, 1.82) is 0 Å². The number of nitrogens with one attached hydrogen (secondary N) is 1. The van der Waals surface area contributed by atoms with Gasteiger partial charge in [-0.05, 0) is 47.9 Å². The van der Waals surface area contributed by atoms with Gasteiger partial charge in [0.1, 0.15) is 5.75 Å². The van der Waals surface area contributed by atoms with E-state index in [1.165, 1.54) is 5.56 Å². The van der Waals surface area contributed by atoms with Crippen molar-refractivity contribution in [1.82, 2.24) is 0 Å². The highest BCUT2D eigenvalue weighted by Crippen LogP contribution is 2.18. The van der Waals surface area contributed by atoms with Crippen molar-refractivity contribution in [3.8, 4) is 5.75 Å². The van der Waals surface area contributed by atoms with Crippen molar-refractivity contribution < 1.29 is 9.53 Å². The van der Waals surface area contributed by atoms with Gasteiger partial charge in [0.25, 0.3) is 5.91 Å². The van der Waals surface area contributed by atoms with Gasteiger partial charge < -0.3 is 10.1 Å². The highest BCUT2D eigenvalue weighted by atomic mass is 16.5. The van der Waals surface area contributed by atoms with E-state index in [1.54, 1.807) is 7.11 Å². The third kappa shape index (κ3) is 3.82. The summed E-state index contributed by atoms with van der Waals surface area (Å²) in [6.45, 7) is 0. The molecular formula is C21H19NO2. The van der Waals surface area contributed by atoms with Crippen LogP contribution in [-0.2, 0) is 6.42 Å². The normalized spacial score (nSPS) is 10.2. The number of carbonyl (C=O) groups excluding carboxylic acids is 1. The van der Waals surface area contributed by atoms with Crippen LogP contribution < -0.4 is 10.1 Å². The number of hydrogen-bond donors (Lipinski definition) is 1. The number of benzene rings is 3. The minimum Gasteiger partial charge on any atom is -0.497 e. The zero-order valence-corrected chi connectivity index (χ0v) is 13.5. The van der Waals surface area contributed by atoms with Crippen LogP contribution in [-0.4, -0.2) is 13.0 Å². The third-order valence-electron chi connectivity index (χ3n) is 3.85. The fraction of sp³-hybridized carbons (Fsp3) is 0.0952. The lowest BCUT2D eigenvalue weighted by Crippen LogP contribution is -2.14. The van der Waals surface area contributed by atoms with E-state index in [4.69, 9.17) is 4.74 Å². The first-order chi connectivity index (χ1) is 11.8. The summed E-state index contributed by atoms with van der Waals surface area (Å²) in [7, 11) is 1.62. The van der Waals surface area contributed by atoms with E-state index >= 15 is 0 Å². The molecule has 1 N–H and O–H groups in total. The summed E-state index contributed by atoms with van der Waals surface area (Å²) in [4.78, 5) is 12.6. The molecule has 3 aromatic carbocycles. The summed E-state index contributed by atoms with van der Waals surface area (Å²) in [5.41, 5.74) is 3.63. The summed E-state index contributed by atoms with van der Waals surface area (Å²) in [5, 5.41) is 2.94. The molecule has 3 aromatic rings. The molecule has 0 aromatic heterocycles. The van der Waals surface area contributed by atoms with Gasteiger partial charge in [-0.1, -0.05) is 48.5 Å². The lowest BCUT2D eigenvalue weighted by atomic mass is 9.99. The van der Waals surface area contributed by atoms with Gasteiger partial charge in [0.15, 0.2) is 0 Å². The van der Waals surface area contributed by atoms with Gasteiger partial charge in [0.05, 0.1) is 7.11 Å². The Kier molecular flexibility index (Phi) is 4.92. The monoisotopic (exact) mass is 317 g/mol. The number of amides is 1. The summed E-state index contributed by atoms with van der Waals surface area (Å²) in [6.07, 6.45) is 0.729. The van der Waals surface area contributed by atoms with Crippen LogP contribution >= 0.6 is 0 Å². The van der Waals surface area contributed by atoms with Gasteiger partial charge in [0, 0.05) is 11.3 Å². The lowest BCUT2D eigenvalue weighted by Gasteiger charge is -2.11. The Morgan fingerprint density at radius 3 is 2.25 bits per heavy atom. The SMILES string of the molecule is COc1ccc(NC(=O)c2ccccc2Cc2ccccc2)cc1. The molecule has 3 heteroatoms. The molecule has 0 radical (unpaired) electrons. The molecule has 24 heavy (non-hydrogen) atoms. The minimum absolute atomic E-state index is 0.105. The molecule has 0 aliphatic heterocycles. The molecule has 3 nitrogen and oxygen atoms in total. The highest BCUT2D eigenvalue weighted by Gasteiger charge is 2.11. The number of rotatable bonds is 5. The number of methoxy groups -OCH3 is 1. The zero-order valence-electron chi connectivity index (χ0n) is 13.5. The topological polar surface area (TPSA) is 38.3 Å². The maximum absolute atomic E-state index is 12.6. The van der Waals surface area contributed by atoms with Gasteiger partial charge in [-0.3, -0.25) is 4.79 Å². The Bertz CT molecular complexity index is 811. The van der Waals surface area contributed by atoms with E-state index in [0.717, 1.165) is 23.4 Å². The Balaban J connectivity index is 1.79. The molecule has 120 valence electrons. The van der Waals surface area contributed by atoms with E-state index < -0.39 is 0 Å². The smallest absolute Gasteiger partial charge is 0.255 e. The summed E-state index contributed by atoms with van der Waals surface area (Å²) in [6, 6.07) is 25.2. The van der Waals surface area contributed by atoms with E-state index in [2.05, 4.69) is 17.4 Å². The predicted octanol–water partition coefficient (Wildman–Crippen LogP) is 4.54. The van der Waals surface area contributed by atoms with Crippen LogP contribution in [0.2, 0.25) is 0 Å². The fourth-order valence-corrected chi connectivity index (χ4v) is 2.58. The van der Waals surface area contributed by atoms with Crippen molar-refractivity contribution in [2.75, 3.05) is 12.4 Å². The fourth-order valence-electron chi connectivity index (χ4n) is 2.58. The number of anilines is 1. The highest BCUT2D eigenvalue weighted by molar-refractivity contribution is 6.05. The molecule has 1 amide bonds. The standard InChI is InChI=1S/C21H19NO2/c1-24-19-13-11-18(12-14-19)22-21(23)20-10-6-5-9-17(20)15-16-7-3-2-4-8-16/h2-14H,15H2,1H3,(H,22,23). The Morgan fingerprint density at radius 1 is 0.875 bits per heavy atom. The first-order valence-corrected chi connectivity index (χ1v) is 7.83. The maximum atomic E-state index is 12.6. The van der Waals surface area contributed by atoms with Crippen molar-refractivity contribution in [2.45, 2.75) is 6.42 Å². The Morgan fingerprint density at radius 2 is 1.54 bits per heavy atom. The van der Waals surface area contributed by atoms with E-state index in [1.807, 2.05) is 66.7 Å². The minimum atomic E-state index is -0.105. The second kappa shape index (κ2) is 7.47. The Labute approximate surface area is 141 Å². The van der Waals surface area contributed by atoms with Crippen LogP contribution in [0.15, 0.2) is 78.9 Å². The van der Waals surface area contributed by atoms with Gasteiger partial charge in [-0.25, -0.2) is 0 Å². The molecular weight excluding hydrogens is 298 g/mol. The molecule has 0 spiro atoms. The largest absolute Gasteiger partial charge is 0.497 e. The van der Waals surface area contributed by atoms with Crippen LogP contribution in [0, 0.1) is 0 Å². The molecule has 3 rings (SSSR count). The van der Waals surface area contributed by atoms with Crippen molar-refractivity contribution in [3.05, 3.63) is 95.6 Å². The Hall–Kier alpha value is -3.07. The molecule has 0 saturated heterocycles. The first-order valence-electron chi connectivity index (χ1n) is 7.83. The van der Waals surface area contributed by atoms with Gasteiger partial charge in [0.2, 0.25) is 0 Å². The van der Waals surface area contributed by atoms with E-state index in [9.17, 15) is 4.79 Å². The maximum Gasteiger partial charge on any atom is 0.255 e. The molecule has 0 saturated carbocycles. The van der Waals surface area contributed by atoms with Crippen LogP contribution in [0.1, 0.15) is 21.5 Å². The van der Waals surface area contributed by atoms with Crippen LogP contribution in [0.3, 0.4) is 0 Å². The summed E-state index contributed by atoms with van der Waals surface area (Å²) in [5.74, 6) is 0.657. The van der Waals surface area contributed by atoms with Crippen LogP contribution in [0.4, 0.5) is 5.69 Å². The van der Waals surface area contributed by atoms with Crippen molar-refractivity contribution >= 4 is 11.6 Å². The first kappa shape index (κ1) is 15.8. The summed E-state index contributed by atoms with van der Waals surface area (Å²) >= 11 is 0. The molecule has 0 fully saturated rings. The third-order valence-corrected chi connectivity index (χ3v) is 3.85. The zero-order chi connectivity index (χ0) is 16.8. The molecule has 0 aliphatic carbocycles. The van der Waals surface area contributed by atoms with Gasteiger partial charge in [-0.2, -0.15) is 0 Å².